The Kier molecular flexibility index (Phi) is 16.9. The van der Waals surface area contributed by atoms with Gasteiger partial charge in [-0.2, -0.15) is 0 Å². The summed E-state index contributed by atoms with van der Waals surface area (Å²) in [5.41, 5.74) is -1.21. The van der Waals surface area contributed by atoms with Gasteiger partial charge in [0.25, 0.3) is 0 Å². The number of carbonyl (C=O) groups is 4. The van der Waals surface area contributed by atoms with Crippen molar-refractivity contribution in [2.24, 2.45) is 11.8 Å². The molecule has 0 aliphatic carbocycles. The van der Waals surface area contributed by atoms with Gasteiger partial charge in [-0.25, -0.2) is 9.59 Å². The molecule has 0 aromatic carbocycles. The van der Waals surface area contributed by atoms with Crippen LogP contribution in [0.4, 0.5) is 9.59 Å². The Morgan fingerprint density at radius 3 is 1.03 bits per heavy atom. The van der Waals surface area contributed by atoms with Gasteiger partial charge < -0.3 is 41.0 Å². The lowest BCUT2D eigenvalue weighted by molar-refractivity contribution is -0.124. The van der Waals surface area contributed by atoms with Gasteiger partial charge in [0, 0.05) is 0 Å². The zero-order valence-corrected chi connectivity index (χ0v) is 25.2. The lowest BCUT2D eigenvalue weighted by Crippen LogP contribution is -2.51. The number of amides is 4. The van der Waals surface area contributed by atoms with E-state index in [1.807, 2.05) is 27.7 Å². The molecule has 0 spiro atoms. The van der Waals surface area contributed by atoms with Crippen molar-refractivity contribution in [2.45, 2.75) is 118 Å². The number of aliphatic hydroxyl groups is 2. The molecule has 0 aliphatic heterocycles. The lowest BCUT2D eigenvalue weighted by atomic mass is 10.1. The molecule has 12 nitrogen and oxygen atoms in total. The molecule has 0 heterocycles. The molecule has 0 fully saturated rings. The Balaban J connectivity index is 0. The molecule has 0 radical (unpaired) electrons. The highest BCUT2D eigenvalue weighted by Crippen LogP contribution is 2.08. The first-order valence-electron chi connectivity index (χ1n) is 12.9. The maximum Gasteiger partial charge on any atom is 0.408 e. The zero-order valence-electron chi connectivity index (χ0n) is 25.2. The second kappa shape index (κ2) is 17.1. The number of carbonyl (C=O) groups excluding carboxylic acids is 4. The predicted octanol–water partition coefficient (Wildman–Crippen LogP) is 2.07. The minimum absolute atomic E-state index is 0.114. The van der Waals surface area contributed by atoms with Crippen LogP contribution in [0.3, 0.4) is 0 Å². The average molecular weight is 549 g/mol. The normalized spacial score (nSPS) is 14.7. The topological polar surface area (TPSA) is 175 Å². The standard InChI is InChI=1S/2C13H26N2O4/c2*1-8(2)10(7-16)15-11(17)9(3)14-12(18)19-13(4,5)6/h2*8-10,16H,7H2,1-6H3,(H,14,18)(H,15,17)/t2*9-,10+/m00/s1. The maximum atomic E-state index is 11.8. The number of aliphatic hydroxyl groups excluding tert-OH is 2. The van der Waals surface area contributed by atoms with Crippen molar-refractivity contribution in [1.82, 2.24) is 21.3 Å². The van der Waals surface area contributed by atoms with Crippen LogP contribution in [0.5, 0.6) is 0 Å². The fourth-order valence-electron chi connectivity index (χ4n) is 2.56. The predicted molar refractivity (Wildman–Crippen MR) is 145 cm³/mol. The van der Waals surface area contributed by atoms with Crippen LogP contribution in [0.25, 0.3) is 0 Å². The van der Waals surface area contributed by atoms with Gasteiger partial charge in [-0.05, 0) is 67.2 Å². The Hall–Kier alpha value is -2.60. The summed E-state index contributed by atoms with van der Waals surface area (Å²) in [5.74, 6) is -0.470. The summed E-state index contributed by atoms with van der Waals surface area (Å²) in [6.45, 7) is 20.9. The molecule has 0 aromatic heterocycles. The largest absolute Gasteiger partial charge is 0.444 e. The van der Waals surface area contributed by atoms with Gasteiger partial charge in [0.15, 0.2) is 0 Å². The van der Waals surface area contributed by atoms with Gasteiger partial charge in [-0.15, -0.1) is 0 Å². The van der Waals surface area contributed by atoms with Crippen molar-refractivity contribution in [2.75, 3.05) is 13.2 Å². The number of nitrogens with one attached hydrogen (secondary N) is 4. The second-order valence-electron chi connectivity index (χ2n) is 11.8. The highest BCUT2D eigenvalue weighted by Gasteiger charge is 2.24. The van der Waals surface area contributed by atoms with E-state index in [-0.39, 0.29) is 48.9 Å². The highest BCUT2D eigenvalue weighted by molar-refractivity contribution is 5.86. The van der Waals surface area contributed by atoms with E-state index in [1.54, 1.807) is 55.4 Å². The van der Waals surface area contributed by atoms with Crippen molar-refractivity contribution >= 4 is 24.0 Å². The van der Waals surface area contributed by atoms with E-state index in [1.165, 1.54) is 0 Å². The molecule has 38 heavy (non-hydrogen) atoms. The first-order valence-corrected chi connectivity index (χ1v) is 12.9. The maximum absolute atomic E-state index is 11.8. The molecule has 0 aliphatic rings. The van der Waals surface area contributed by atoms with Crippen LogP contribution < -0.4 is 21.3 Å². The summed E-state index contributed by atoms with van der Waals surface area (Å²) >= 11 is 0. The summed E-state index contributed by atoms with van der Waals surface area (Å²) in [6.07, 6.45) is -1.28. The molecule has 0 unspecified atom stereocenters. The first-order chi connectivity index (χ1) is 17.1. The third kappa shape index (κ3) is 18.6. The smallest absolute Gasteiger partial charge is 0.408 e. The number of ether oxygens (including phenoxy) is 2. The molecule has 0 saturated heterocycles. The molecule has 4 atom stereocenters. The third-order valence-corrected chi connectivity index (χ3v) is 4.91. The Morgan fingerprint density at radius 2 is 0.842 bits per heavy atom. The summed E-state index contributed by atoms with van der Waals surface area (Å²) in [5, 5.41) is 28.5. The third-order valence-electron chi connectivity index (χ3n) is 4.91. The van der Waals surface area contributed by atoms with Gasteiger partial charge in [0.05, 0.1) is 25.3 Å². The van der Waals surface area contributed by atoms with E-state index in [9.17, 15) is 19.2 Å². The highest BCUT2D eigenvalue weighted by atomic mass is 16.6. The molecule has 0 saturated carbocycles. The van der Waals surface area contributed by atoms with Crippen molar-refractivity contribution in [3.63, 3.8) is 0 Å². The minimum Gasteiger partial charge on any atom is -0.444 e. The lowest BCUT2D eigenvalue weighted by Gasteiger charge is -2.24. The van der Waals surface area contributed by atoms with Gasteiger partial charge in [-0.3, -0.25) is 9.59 Å². The number of hydrogen-bond donors (Lipinski definition) is 6. The molecule has 0 bridgehead atoms. The molecular weight excluding hydrogens is 496 g/mol. The van der Waals surface area contributed by atoms with Crippen LogP contribution in [0.1, 0.15) is 83.1 Å². The summed E-state index contributed by atoms with van der Waals surface area (Å²) in [7, 11) is 0. The van der Waals surface area contributed by atoms with Crippen molar-refractivity contribution in [3.8, 4) is 0 Å². The van der Waals surface area contributed by atoms with E-state index in [2.05, 4.69) is 21.3 Å². The van der Waals surface area contributed by atoms with Crippen LogP contribution in [-0.4, -0.2) is 82.8 Å². The molecular formula is C26H52N4O8. The van der Waals surface area contributed by atoms with Crippen LogP contribution in [0.15, 0.2) is 0 Å². The fourth-order valence-corrected chi connectivity index (χ4v) is 2.56. The Morgan fingerprint density at radius 1 is 0.579 bits per heavy atom. The monoisotopic (exact) mass is 548 g/mol. The molecule has 224 valence electrons. The molecule has 0 rings (SSSR count). The zero-order chi connectivity index (χ0) is 30.4. The van der Waals surface area contributed by atoms with Crippen molar-refractivity contribution in [3.05, 3.63) is 0 Å². The van der Waals surface area contributed by atoms with Gasteiger partial charge >= 0.3 is 12.2 Å². The van der Waals surface area contributed by atoms with E-state index >= 15 is 0 Å². The molecule has 6 N–H and O–H groups in total. The quantitative estimate of drug-likeness (QED) is 0.240. The molecule has 0 aromatic rings. The van der Waals surface area contributed by atoms with Gasteiger partial charge in [-0.1, -0.05) is 27.7 Å². The number of hydrogen-bond acceptors (Lipinski definition) is 8. The SMILES string of the molecule is CC(C)[C@@H](CO)NC(=O)[C@H](C)NC(=O)OC(C)(C)C.CC(C)[C@@H](CO)NC(=O)[C@H](C)NC(=O)OC(C)(C)C. The van der Waals surface area contributed by atoms with Crippen LogP contribution in [-0.2, 0) is 19.1 Å². The van der Waals surface area contributed by atoms with Crippen LogP contribution in [0, 0.1) is 11.8 Å². The minimum atomic E-state index is -0.720. The summed E-state index contributed by atoms with van der Waals surface area (Å²) in [4.78, 5) is 46.7. The number of alkyl carbamates (subject to hydrolysis) is 2. The van der Waals surface area contributed by atoms with Crippen LogP contribution in [0.2, 0.25) is 0 Å². The number of rotatable bonds is 10. The van der Waals surface area contributed by atoms with Crippen molar-refractivity contribution in [1.29, 1.82) is 0 Å². The second-order valence-corrected chi connectivity index (χ2v) is 11.8. The average Bonchev–Trinajstić information content (AvgIpc) is 2.72. The molecule has 12 heteroatoms. The van der Waals surface area contributed by atoms with E-state index in [0.29, 0.717) is 0 Å². The van der Waals surface area contributed by atoms with Crippen LogP contribution >= 0.6 is 0 Å². The van der Waals surface area contributed by atoms with E-state index in [0.717, 1.165) is 0 Å². The summed E-state index contributed by atoms with van der Waals surface area (Å²) < 4.78 is 10.1. The van der Waals surface area contributed by atoms with Gasteiger partial charge in [0.1, 0.15) is 23.3 Å². The summed E-state index contributed by atoms with van der Waals surface area (Å²) in [6, 6.07) is -2.09. The van der Waals surface area contributed by atoms with Crippen molar-refractivity contribution < 1.29 is 38.9 Å². The Bertz CT molecular complexity index is 683. The van der Waals surface area contributed by atoms with E-state index < -0.39 is 35.5 Å². The molecule has 4 amide bonds. The fraction of sp³-hybridized carbons (Fsp3) is 0.846. The van der Waals surface area contributed by atoms with E-state index in [4.69, 9.17) is 19.7 Å². The Labute approximate surface area is 228 Å². The van der Waals surface area contributed by atoms with Gasteiger partial charge in [0.2, 0.25) is 11.8 Å². The first kappa shape index (κ1) is 37.6.